The second-order valence-electron chi connectivity index (χ2n) is 5.43. The maximum absolute atomic E-state index is 5.35. The lowest BCUT2D eigenvalue weighted by molar-refractivity contribution is 0.868. The highest BCUT2D eigenvalue weighted by Crippen LogP contribution is 2.13. The van der Waals surface area contributed by atoms with Gasteiger partial charge in [0.1, 0.15) is 0 Å². The number of hydrogen-bond donors (Lipinski definition) is 2. The fraction of sp³-hybridized carbons (Fsp3) is 0.278. The fourth-order valence-corrected chi connectivity index (χ4v) is 2.64. The van der Waals surface area contributed by atoms with Gasteiger partial charge >= 0.3 is 0 Å². The zero-order valence-electron chi connectivity index (χ0n) is 12.9. The number of aryl methyl sites for hydroxylation is 3. The summed E-state index contributed by atoms with van der Waals surface area (Å²) in [6, 6.07) is 14.8. The molecule has 0 amide bonds. The smallest absolute Gasteiger partial charge is 0.170 e. The lowest BCUT2D eigenvalue weighted by atomic mass is 10.1. The van der Waals surface area contributed by atoms with E-state index in [0.717, 1.165) is 18.7 Å². The van der Waals surface area contributed by atoms with E-state index < -0.39 is 0 Å². The highest BCUT2D eigenvalue weighted by atomic mass is 32.1. The predicted octanol–water partition coefficient (Wildman–Crippen LogP) is 4.14. The maximum atomic E-state index is 5.35. The number of nitrogens with one attached hydrogen (secondary N) is 2. The summed E-state index contributed by atoms with van der Waals surface area (Å²) in [6.07, 6.45) is 0.974. The van der Waals surface area contributed by atoms with Crippen LogP contribution in [0.15, 0.2) is 42.5 Å². The monoisotopic (exact) mass is 298 g/mol. The van der Waals surface area contributed by atoms with Gasteiger partial charge in [-0.2, -0.15) is 0 Å². The van der Waals surface area contributed by atoms with Crippen LogP contribution in [0, 0.1) is 20.8 Å². The largest absolute Gasteiger partial charge is 0.362 e. The molecule has 2 rings (SSSR count). The SMILES string of the molecule is Cc1cc(C)cc(NC(=S)NCCc2ccccc2C)c1. The van der Waals surface area contributed by atoms with Gasteiger partial charge in [-0.1, -0.05) is 30.3 Å². The van der Waals surface area contributed by atoms with Gasteiger partial charge in [0, 0.05) is 12.2 Å². The third-order valence-corrected chi connectivity index (χ3v) is 3.67. The van der Waals surface area contributed by atoms with E-state index in [0.29, 0.717) is 5.11 Å². The van der Waals surface area contributed by atoms with Crippen molar-refractivity contribution in [2.45, 2.75) is 27.2 Å². The van der Waals surface area contributed by atoms with Gasteiger partial charge in [-0.15, -0.1) is 0 Å². The van der Waals surface area contributed by atoms with Gasteiger partial charge < -0.3 is 10.6 Å². The molecular weight excluding hydrogens is 276 g/mol. The van der Waals surface area contributed by atoms with Gasteiger partial charge in [0.15, 0.2) is 5.11 Å². The molecule has 0 aliphatic heterocycles. The third kappa shape index (κ3) is 4.87. The molecule has 0 spiro atoms. The Kier molecular flexibility index (Phi) is 5.34. The molecule has 0 radical (unpaired) electrons. The summed E-state index contributed by atoms with van der Waals surface area (Å²) >= 11 is 5.35. The molecule has 110 valence electrons. The van der Waals surface area contributed by atoms with Crippen molar-refractivity contribution in [1.29, 1.82) is 0 Å². The first-order valence-electron chi connectivity index (χ1n) is 7.22. The van der Waals surface area contributed by atoms with Crippen molar-refractivity contribution < 1.29 is 0 Å². The molecule has 2 nitrogen and oxygen atoms in total. The Balaban J connectivity index is 1.84. The minimum absolute atomic E-state index is 0.675. The van der Waals surface area contributed by atoms with Crippen LogP contribution in [-0.2, 0) is 6.42 Å². The zero-order chi connectivity index (χ0) is 15.2. The number of hydrogen-bond acceptors (Lipinski definition) is 1. The van der Waals surface area contributed by atoms with Crippen LogP contribution in [0.4, 0.5) is 5.69 Å². The van der Waals surface area contributed by atoms with Crippen molar-refractivity contribution in [3.63, 3.8) is 0 Å². The Bertz CT molecular complexity index is 615. The summed E-state index contributed by atoms with van der Waals surface area (Å²) in [5, 5.41) is 7.19. The molecule has 2 aromatic carbocycles. The number of anilines is 1. The molecule has 0 aliphatic rings. The second kappa shape index (κ2) is 7.23. The van der Waals surface area contributed by atoms with Crippen LogP contribution >= 0.6 is 12.2 Å². The van der Waals surface area contributed by atoms with E-state index in [9.17, 15) is 0 Å². The Hall–Kier alpha value is -1.87. The molecule has 0 aliphatic carbocycles. The lowest BCUT2D eigenvalue weighted by Crippen LogP contribution is -2.30. The highest BCUT2D eigenvalue weighted by Gasteiger charge is 2.01. The Morgan fingerprint density at radius 3 is 2.33 bits per heavy atom. The number of rotatable bonds is 4. The normalized spacial score (nSPS) is 10.2. The molecular formula is C18H22N2S. The summed E-state index contributed by atoms with van der Waals surface area (Å²) in [4.78, 5) is 0. The van der Waals surface area contributed by atoms with Gasteiger partial charge in [-0.3, -0.25) is 0 Å². The van der Waals surface area contributed by atoms with E-state index in [2.05, 4.69) is 73.9 Å². The number of benzene rings is 2. The van der Waals surface area contributed by atoms with Crippen LogP contribution in [0.25, 0.3) is 0 Å². The standard InChI is InChI=1S/C18H22N2S/c1-13-10-14(2)12-17(11-13)20-18(21)19-9-8-16-7-5-4-6-15(16)3/h4-7,10-12H,8-9H2,1-3H3,(H2,19,20,21). The van der Waals surface area contributed by atoms with Crippen molar-refractivity contribution >= 4 is 23.0 Å². The quantitative estimate of drug-likeness (QED) is 0.830. The number of thiocarbonyl (C=S) groups is 1. The molecule has 3 heteroatoms. The molecule has 0 fully saturated rings. The molecule has 0 unspecified atom stereocenters. The molecule has 0 saturated heterocycles. The summed E-state index contributed by atoms with van der Waals surface area (Å²) in [7, 11) is 0. The van der Waals surface area contributed by atoms with E-state index in [4.69, 9.17) is 12.2 Å². The predicted molar refractivity (Wildman–Crippen MR) is 95.0 cm³/mol. The van der Waals surface area contributed by atoms with Gasteiger partial charge in [0.2, 0.25) is 0 Å². The van der Waals surface area contributed by atoms with E-state index in [1.54, 1.807) is 0 Å². The summed E-state index contributed by atoms with van der Waals surface area (Å²) in [5.74, 6) is 0. The van der Waals surface area contributed by atoms with E-state index >= 15 is 0 Å². The van der Waals surface area contributed by atoms with Gasteiger partial charge in [-0.05, 0) is 73.8 Å². The van der Waals surface area contributed by atoms with Crippen molar-refractivity contribution in [3.8, 4) is 0 Å². The van der Waals surface area contributed by atoms with E-state index in [-0.39, 0.29) is 0 Å². The molecule has 2 aromatic rings. The molecule has 0 atom stereocenters. The highest BCUT2D eigenvalue weighted by molar-refractivity contribution is 7.80. The van der Waals surface area contributed by atoms with Crippen molar-refractivity contribution in [1.82, 2.24) is 5.32 Å². The first-order chi connectivity index (χ1) is 10.0. The second-order valence-corrected chi connectivity index (χ2v) is 5.84. The topological polar surface area (TPSA) is 24.1 Å². The minimum Gasteiger partial charge on any atom is -0.362 e. The van der Waals surface area contributed by atoms with Crippen LogP contribution in [0.5, 0.6) is 0 Å². The third-order valence-electron chi connectivity index (χ3n) is 3.42. The van der Waals surface area contributed by atoms with Crippen LogP contribution < -0.4 is 10.6 Å². The first kappa shape index (κ1) is 15.5. The van der Waals surface area contributed by atoms with E-state index in [1.165, 1.54) is 22.3 Å². The molecule has 0 aromatic heterocycles. The van der Waals surface area contributed by atoms with Crippen molar-refractivity contribution in [2.75, 3.05) is 11.9 Å². The molecule has 0 bridgehead atoms. The fourth-order valence-electron chi connectivity index (χ4n) is 2.42. The Labute approximate surface area is 132 Å². The summed E-state index contributed by atoms with van der Waals surface area (Å²) in [6.45, 7) is 7.16. The van der Waals surface area contributed by atoms with Gasteiger partial charge in [-0.25, -0.2) is 0 Å². The minimum atomic E-state index is 0.675. The average molecular weight is 298 g/mol. The van der Waals surface area contributed by atoms with Crippen LogP contribution in [0.2, 0.25) is 0 Å². The van der Waals surface area contributed by atoms with E-state index in [1.807, 2.05) is 0 Å². The maximum Gasteiger partial charge on any atom is 0.170 e. The van der Waals surface area contributed by atoms with Gasteiger partial charge in [0.05, 0.1) is 0 Å². The van der Waals surface area contributed by atoms with Crippen molar-refractivity contribution in [3.05, 3.63) is 64.7 Å². The average Bonchev–Trinajstić information content (AvgIpc) is 2.39. The lowest BCUT2D eigenvalue weighted by Gasteiger charge is -2.12. The van der Waals surface area contributed by atoms with Crippen LogP contribution in [0.1, 0.15) is 22.3 Å². The van der Waals surface area contributed by atoms with Crippen LogP contribution in [-0.4, -0.2) is 11.7 Å². The molecule has 0 heterocycles. The summed E-state index contributed by atoms with van der Waals surface area (Å²) < 4.78 is 0. The Morgan fingerprint density at radius 1 is 1.00 bits per heavy atom. The molecule has 21 heavy (non-hydrogen) atoms. The van der Waals surface area contributed by atoms with Crippen LogP contribution in [0.3, 0.4) is 0 Å². The zero-order valence-corrected chi connectivity index (χ0v) is 13.7. The summed E-state index contributed by atoms with van der Waals surface area (Å²) in [5.41, 5.74) is 6.20. The molecule has 2 N–H and O–H groups in total. The molecule has 0 saturated carbocycles. The van der Waals surface area contributed by atoms with Crippen molar-refractivity contribution in [2.24, 2.45) is 0 Å². The first-order valence-corrected chi connectivity index (χ1v) is 7.63. The Morgan fingerprint density at radius 2 is 1.67 bits per heavy atom. The van der Waals surface area contributed by atoms with Gasteiger partial charge in [0.25, 0.3) is 0 Å².